The Labute approximate surface area is 172 Å². The number of nitriles is 1. The van der Waals surface area contributed by atoms with E-state index in [0.717, 1.165) is 4.90 Å². The molecule has 0 saturated carbocycles. The number of furan rings is 1. The second-order valence-corrected chi connectivity index (χ2v) is 6.88. The van der Waals surface area contributed by atoms with Gasteiger partial charge in [0.05, 0.1) is 12.6 Å². The Balaban J connectivity index is 1.98. The van der Waals surface area contributed by atoms with Gasteiger partial charge in [0.2, 0.25) is 5.91 Å². The summed E-state index contributed by atoms with van der Waals surface area (Å²) in [4.78, 5) is 37.3. The van der Waals surface area contributed by atoms with Gasteiger partial charge in [0.25, 0.3) is 11.8 Å². The number of imide groups is 1. The summed E-state index contributed by atoms with van der Waals surface area (Å²) in [5.41, 5.74) is 6.54. The molecule has 0 saturated heterocycles. The third-order valence-electron chi connectivity index (χ3n) is 4.64. The minimum atomic E-state index is -0.934. The van der Waals surface area contributed by atoms with Gasteiger partial charge in [-0.15, -0.1) is 0 Å². The smallest absolute Gasteiger partial charge is 0.271 e. The summed E-state index contributed by atoms with van der Waals surface area (Å²) in [5.74, 6) is -1.03. The monoisotopic (exact) mass is 405 g/mol. The molecule has 3 rings (SSSR count). The number of rotatable bonds is 5. The number of carbonyl (C=O) groups excluding carboxylic acids is 3. The van der Waals surface area contributed by atoms with Gasteiger partial charge in [0.15, 0.2) is 0 Å². The third kappa shape index (κ3) is 3.92. The van der Waals surface area contributed by atoms with E-state index in [-0.39, 0.29) is 23.3 Å². The van der Waals surface area contributed by atoms with E-state index < -0.39 is 23.8 Å². The molecule has 0 bridgehead atoms. The number of amides is 3. The van der Waals surface area contributed by atoms with Gasteiger partial charge in [0, 0.05) is 16.7 Å². The number of aliphatic hydroxyl groups excluding tert-OH is 1. The van der Waals surface area contributed by atoms with Crippen LogP contribution < -0.4 is 5.73 Å². The highest BCUT2D eigenvalue weighted by Gasteiger charge is 2.36. The molecule has 3 amide bonds. The van der Waals surface area contributed by atoms with Crippen molar-refractivity contribution in [3.8, 4) is 17.4 Å². The standard InChI is InChI=1S/C22H19N3O5/c1-12(26)11-25-21(28)17(13(2)18(10-23)22(25)29)9-16-7-8-19(30-16)14-3-5-15(6-4-14)20(24)27/h3-9,12,26H,11H2,1-2H3,(H2,24,27)/b17-9-. The van der Waals surface area contributed by atoms with Crippen molar-refractivity contribution in [2.24, 2.45) is 5.73 Å². The van der Waals surface area contributed by atoms with Crippen LogP contribution in [-0.4, -0.2) is 40.4 Å². The number of benzene rings is 1. The number of nitrogens with two attached hydrogens (primary N) is 1. The van der Waals surface area contributed by atoms with Gasteiger partial charge in [0.1, 0.15) is 23.2 Å². The highest BCUT2D eigenvalue weighted by molar-refractivity contribution is 6.19. The van der Waals surface area contributed by atoms with Crippen LogP contribution in [0.4, 0.5) is 0 Å². The topological polar surface area (TPSA) is 138 Å². The highest BCUT2D eigenvalue weighted by atomic mass is 16.3. The van der Waals surface area contributed by atoms with E-state index in [1.54, 1.807) is 36.4 Å². The van der Waals surface area contributed by atoms with E-state index in [1.165, 1.54) is 19.9 Å². The van der Waals surface area contributed by atoms with Crippen molar-refractivity contribution in [1.82, 2.24) is 4.90 Å². The van der Waals surface area contributed by atoms with Crippen LogP contribution in [0.3, 0.4) is 0 Å². The van der Waals surface area contributed by atoms with Crippen molar-refractivity contribution in [1.29, 1.82) is 5.26 Å². The molecule has 1 unspecified atom stereocenters. The lowest BCUT2D eigenvalue weighted by molar-refractivity contribution is -0.141. The van der Waals surface area contributed by atoms with Gasteiger partial charge in [-0.25, -0.2) is 0 Å². The van der Waals surface area contributed by atoms with Crippen LogP contribution in [0.15, 0.2) is 57.5 Å². The number of β-amino-alcohol motifs (C(OH)–C–C–N with tert-alkyl or cyclic N) is 1. The normalized spacial score (nSPS) is 16.7. The van der Waals surface area contributed by atoms with E-state index in [2.05, 4.69) is 0 Å². The fourth-order valence-corrected chi connectivity index (χ4v) is 3.09. The van der Waals surface area contributed by atoms with E-state index in [1.807, 2.05) is 6.07 Å². The second-order valence-electron chi connectivity index (χ2n) is 6.88. The molecule has 152 valence electrons. The average molecular weight is 405 g/mol. The first-order valence-corrected chi connectivity index (χ1v) is 9.10. The first kappa shape index (κ1) is 20.8. The zero-order chi connectivity index (χ0) is 22.0. The molecule has 0 aliphatic carbocycles. The van der Waals surface area contributed by atoms with Crippen LogP contribution in [-0.2, 0) is 9.59 Å². The van der Waals surface area contributed by atoms with Crippen molar-refractivity contribution in [2.75, 3.05) is 6.54 Å². The number of primary amides is 1. The number of nitrogens with zero attached hydrogens (tertiary/aromatic N) is 2. The van der Waals surface area contributed by atoms with E-state index in [9.17, 15) is 24.8 Å². The van der Waals surface area contributed by atoms with Crippen LogP contribution in [0, 0.1) is 11.3 Å². The summed E-state index contributed by atoms with van der Waals surface area (Å²) < 4.78 is 5.78. The predicted octanol–water partition coefficient (Wildman–Crippen LogP) is 2.02. The van der Waals surface area contributed by atoms with Gasteiger partial charge >= 0.3 is 0 Å². The van der Waals surface area contributed by atoms with Crippen molar-refractivity contribution >= 4 is 23.8 Å². The van der Waals surface area contributed by atoms with Crippen LogP contribution in [0.5, 0.6) is 0 Å². The Kier molecular flexibility index (Phi) is 5.67. The fraction of sp³-hybridized carbons (Fsp3) is 0.182. The molecule has 1 aromatic heterocycles. The SMILES string of the molecule is CC1=C(C#N)C(=O)N(CC(C)O)C(=O)/C1=C\c1ccc(-c2ccc(C(N)=O)cc2)o1. The molecule has 3 N–H and O–H groups in total. The summed E-state index contributed by atoms with van der Waals surface area (Å²) in [6.45, 7) is 2.75. The maximum Gasteiger partial charge on any atom is 0.271 e. The largest absolute Gasteiger partial charge is 0.457 e. The maximum absolute atomic E-state index is 12.8. The minimum Gasteiger partial charge on any atom is -0.457 e. The molecule has 2 heterocycles. The summed E-state index contributed by atoms with van der Waals surface area (Å²) in [6, 6.07) is 11.7. The lowest BCUT2D eigenvalue weighted by Crippen LogP contribution is -2.45. The minimum absolute atomic E-state index is 0.136. The summed E-state index contributed by atoms with van der Waals surface area (Å²) in [5, 5.41) is 19.0. The first-order valence-electron chi connectivity index (χ1n) is 9.10. The Morgan fingerprint density at radius 1 is 1.23 bits per heavy atom. The predicted molar refractivity (Wildman–Crippen MR) is 107 cm³/mol. The van der Waals surface area contributed by atoms with Crippen LogP contribution in [0.2, 0.25) is 0 Å². The molecule has 1 aliphatic heterocycles. The molecule has 1 aromatic carbocycles. The number of carbonyl (C=O) groups is 3. The quantitative estimate of drug-likeness (QED) is 0.576. The van der Waals surface area contributed by atoms with Gasteiger partial charge in [-0.1, -0.05) is 12.1 Å². The second kappa shape index (κ2) is 8.19. The summed E-state index contributed by atoms with van der Waals surface area (Å²) >= 11 is 0. The molecule has 8 heteroatoms. The molecule has 0 spiro atoms. The molecule has 0 fully saturated rings. The molecule has 30 heavy (non-hydrogen) atoms. The van der Waals surface area contributed by atoms with Gasteiger partial charge in [-0.2, -0.15) is 5.26 Å². The van der Waals surface area contributed by atoms with Crippen LogP contribution in [0.1, 0.15) is 30.0 Å². The maximum atomic E-state index is 12.8. The highest BCUT2D eigenvalue weighted by Crippen LogP contribution is 2.29. The van der Waals surface area contributed by atoms with Crippen LogP contribution >= 0.6 is 0 Å². The number of hydrogen-bond acceptors (Lipinski definition) is 6. The zero-order valence-electron chi connectivity index (χ0n) is 16.4. The van der Waals surface area contributed by atoms with E-state index >= 15 is 0 Å². The molecule has 2 aromatic rings. The van der Waals surface area contributed by atoms with Crippen molar-refractivity contribution in [3.63, 3.8) is 0 Å². The van der Waals surface area contributed by atoms with Gasteiger partial charge < -0.3 is 15.3 Å². The van der Waals surface area contributed by atoms with E-state index in [0.29, 0.717) is 22.6 Å². The molecule has 8 nitrogen and oxygen atoms in total. The molecular formula is C22H19N3O5. The number of hydrogen-bond donors (Lipinski definition) is 2. The van der Waals surface area contributed by atoms with E-state index in [4.69, 9.17) is 10.2 Å². The third-order valence-corrected chi connectivity index (χ3v) is 4.64. The fourth-order valence-electron chi connectivity index (χ4n) is 3.09. The average Bonchev–Trinajstić information content (AvgIpc) is 3.17. The Morgan fingerprint density at radius 2 is 1.90 bits per heavy atom. The Hall–Kier alpha value is -3.96. The lowest BCUT2D eigenvalue weighted by Gasteiger charge is -2.28. The van der Waals surface area contributed by atoms with Crippen molar-refractivity contribution in [2.45, 2.75) is 20.0 Å². The Morgan fingerprint density at radius 3 is 2.47 bits per heavy atom. The molecule has 1 atom stereocenters. The lowest BCUT2D eigenvalue weighted by atomic mass is 9.94. The molecule has 1 aliphatic rings. The van der Waals surface area contributed by atoms with Gasteiger partial charge in [-0.05, 0) is 49.8 Å². The van der Waals surface area contributed by atoms with Crippen LogP contribution in [0.25, 0.3) is 17.4 Å². The Bertz CT molecular complexity index is 1130. The summed E-state index contributed by atoms with van der Waals surface area (Å²) in [6.07, 6.45) is 0.522. The number of aliphatic hydroxyl groups is 1. The summed E-state index contributed by atoms with van der Waals surface area (Å²) in [7, 11) is 0. The van der Waals surface area contributed by atoms with Crippen molar-refractivity contribution < 1.29 is 23.9 Å². The molecule has 0 radical (unpaired) electrons. The van der Waals surface area contributed by atoms with Gasteiger partial charge in [-0.3, -0.25) is 19.3 Å². The first-order chi connectivity index (χ1) is 14.2. The van der Waals surface area contributed by atoms with Crippen molar-refractivity contribution in [3.05, 3.63) is 64.4 Å². The zero-order valence-corrected chi connectivity index (χ0v) is 16.4. The molecular weight excluding hydrogens is 386 g/mol.